The number of carbonyl (C=O) groups is 1. The number of thiocarbonyl (C=S) groups is 1. The molecule has 1 heterocycles. The summed E-state index contributed by atoms with van der Waals surface area (Å²) in [6, 6.07) is 19.2. The summed E-state index contributed by atoms with van der Waals surface area (Å²) in [5.74, 6) is 0.911. The molecular formula is C22H19ClN2O2S. The molecule has 0 radical (unpaired) electrons. The van der Waals surface area contributed by atoms with E-state index in [0.717, 1.165) is 16.7 Å². The van der Waals surface area contributed by atoms with Crippen molar-refractivity contribution in [3.8, 4) is 11.3 Å². The second-order valence-electron chi connectivity index (χ2n) is 6.16. The molecule has 4 nitrogen and oxygen atoms in total. The van der Waals surface area contributed by atoms with Crippen LogP contribution >= 0.6 is 23.8 Å². The summed E-state index contributed by atoms with van der Waals surface area (Å²) in [5.41, 5.74) is 2.96. The number of aryl methyl sites for hydroxylation is 1. The Balaban J connectivity index is 1.53. The van der Waals surface area contributed by atoms with Crippen molar-refractivity contribution in [3.63, 3.8) is 0 Å². The molecule has 6 heteroatoms. The van der Waals surface area contributed by atoms with E-state index in [0.29, 0.717) is 23.1 Å². The van der Waals surface area contributed by atoms with Crippen molar-refractivity contribution in [1.82, 2.24) is 10.6 Å². The molecule has 3 aromatic rings. The molecule has 0 atom stereocenters. The molecule has 0 saturated heterocycles. The summed E-state index contributed by atoms with van der Waals surface area (Å²) in [4.78, 5) is 12.0. The number of furan rings is 1. The first-order valence-corrected chi connectivity index (χ1v) is 9.47. The maximum absolute atomic E-state index is 12.0. The van der Waals surface area contributed by atoms with Crippen LogP contribution in [-0.4, -0.2) is 11.0 Å². The predicted octanol–water partition coefficient (Wildman–Crippen LogP) is 5.11. The molecule has 0 aliphatic rings. The van der Waals surface area contributed by atoms with Gasteiger partial charge in [0.25, 0.3) is 0 Å². The van der Waals surface area contributed by atoms with Gasteiger partial charge in [-0.25, -0.2) is 0 Å². The van der Waals surface area contributed by atoms with Crippen molar-refractivity contribution in [2.24, 2.45) is 0 Å². The van der Waals surface area contributed by atoms with E-state index in [1.165, 1.54) is 6.08 Å². The Labute approximate surface area is 174 Å². The summed E-state index contributed by atoms with van der Waals surface area (Å²) in [5, 5.41) is 6.55. The highest BCUT2D eigenvalue weighted by Gasteiger charge is 2.06. The molecular weight excluding hydrogens is 392 g/mol. The summed E-state index contributed by atoms with van der Waals surface area (Å²) < 4.78 is 5.75. The van der Waals surface area contributed by atoms with Crippen molar-refractivity contribution >= 4 is 40.9 Å². The third-order valence-corrected chi connectivity index (χ3v) is 4.67. The first-order valence-electron chi connectivity index (χ1n) is 8.68. The van der Waals surface area contributed by atoms with Gasteiger partial charge in [-0.15, -0.1) is 0 Å². The van der Waals surface area contributed by atoms with Gasteiger partial charge in [-0.1, -0.05) is 54.1 Å². The van der Waals surface area contributed by atoms with Crippen molar-refractivity contribution in [3.05, 3.63) is 88.6 Å². The van der Waals surface area contributed by atoms with E-state index in [1.54, 1.807) is 12.1 Å². The average molecular weight is 411 g/mol. The molecule has 1 aromatic heterocycles. The Morgan fingerprint density at radius 3 is 2.68 bits per heavy atom. The lowest BCUT2D eigenvalue weighted by Crippen LogP contribution is -2.37. The fourth-order valence-electron chi connectivity index (χ4n) is 2.48. The van der Waals surface area contributed by atoms with Crippen LogP contribution in [0.15, 0.2) is 71.2 Å². The van der Waals surface area contributed by atoms with Gasteiger partial charge in [0.05, 0.1) is 0 Å². The van der Waals surface area contributed by atoms with Crippen LogP contribution in [0, 0.1) is 6.92 Å². The molecule has 0 aliphatic heterocycles. The van der Waals surface area contributed by atoms with Gasteiger partial charge in [-0.05, 0) is 54.5 Å². The first-order chi connectivity index (χ1) is 13.5. The van der Waals surface area contributed by atoms with Crippen LogP contribution in [0.1, 0.15) is 16.9 Å². The van der Waals surface area contributed by atoms with Crippen LogP contribution in [0.3, 0.4) is 0 Å². The van der Waals surface area contributed by atoms with Crippen LogP contribution in [0.4, 0.5) is 0 Å². The van der Waals surface area contributed by atoms with Crippen molar-refractivity contribution in [1.29, 1.82) is 0 Å². The molecule has 0 fully saturated rings. The van der Waals surface area contributed by atoms with E-state index < -0.39 is 0 Å². The van der Waals surface area contributed by atoms with Crippen molar-refractivity contribution in [2.45, 2.75) is 13.5 Å². The SMILES string of the molecule is Cc1ccc(-c2ccc(/C=C/C(=O)NC(=S)NCc3ccccc3)o2)cc1Cl. The van der Waals surface area contributed by atoms with Crippen LogP contribution in [0.2, 0.25) is 5.02 Å². The highest BCUT2D eigenvalue weighted by Crippen LogP contribution is 2.27. The predicted molar refractivity (Wildman–Crippen MR) is 117 cm³/mol. The zero-order chi connectivity index (χ0) is 19.9. The van der Waals surface area contributed by atoms with E-state index in [2.05, 4.69) is 10.6 Å². The summed E-state index contributed by atoms with van der Waals surface area (Å²) in [6.07, 6.45) is 2.97. The van der Waals surface area contributed by atoms with Crippen LogP contribution < -0.4 is 10.6 Å². The van der Waals surface area contributed by atoms with Gasteiger partial charge in [0.2, 0.25) is 5.91 Å². The molecule has 0 aliphatic carbocycles. The van der Waals surface area contributed by atoms with Gasteiger partial charge >= 0.3 is 0 Å². The number of rotatable bonds is 5. The van der Waals surface area contributed by atoms with E-state index in [-0.39, 0.29) is 11.0 Å². The van der Waals surface area contributed by atoms with Crippen molar-refractivity contribution < 1.29 is 9.21 Å². The zero-order valence-electron chi connectivity index (χ0n) is 15.2. The molecule has 2 N–H and O–H groups in total. The lowest BCUT2D eigenvalue weighted by Gasteiger charge is -2.07. The molecule has 0 bridgehead atoms. The Morgan fingerprint density at radius 1 is 1.14 bits per heavy atom. The Kier molecular flexibility index (Phi) is 6.63. The maximum Gasteiger partial charge on any atom is 0.250 e. The van der Waals surface area contributed by atoms with Gasteiger partial charge in [-0.3, -0.25) is 10.1 Å². The zero-order valence-corrected chi connectivity index (χ0v) is 16.8. The Bertz CT molecular complexity index is 1010. The standard InChI is InChI=1S/C22H19ClN2O2S/c1-15-7-8-17(13-19(15)23)20-11-9-18(27-20)10-12-21(26)25-22(28)24-14-16-5-3-2-4-6-16/h2-13H,14H2,1H3,(H2,24,25,26,28)/b12-10+. The van der Waals surface area contributed by atoms with Gasteiger partial charge in [0, 0.05) is 23.2 Å². The normalized spacial score (nSPS) is 10.8. The summed E-state index contributed by atoms with van der Waals surface area (Å²) >= 11 is 11.3. The van der Waals surface area contributed by atoms with Crippen molar-refractivity contribution in [2.75, 3.05) is 0 Å². The number of halogens is 1. The second kappa shape index (κ2) is 9.35. The van der Waals surface area contributed by atoms with Crippen LogP contribution in [0.25, 0.3) is 17.4 Å². The third kappa shape index (κ3) is 5.55. The number of hydrogen-bond acceptors (Lipinski definition) is 3. The molecule has 1 amide bonds. The quantitative estimate of drug-likeness (QED) is 0.453. The summed E-state index contributed by atoms with van der Waals surface area (Å²) in [7, 11) is 0. The topological polar surface area (TPSA) is 54.3 Å². The van der Waals surface area contributed by atoms with E-state index in [1.807, 2.05) is 61.5 Å². The number of benzene rings is 2. The number of nitrogens with one attached hydrogen (secondary N) is 2. The molecule has 0 saturated carbocycles. The monoisotopic (exact) mass is 410 g/mol. The first kappa shape index (κ1) is 19.9. The Hall–Kier alpha value is -2.89. The smallest absolute Gasteiger partial charge is 0.250 e. The van der Waals surface area contributed by atoms with Gasteiger partial charge in [0.15, 0.2) is 5.11 Å². The second-order valence-corrected chi connectivity index (χ2v) is 6.97. The van der Waals surface area contributed by atoms with Gasteiger partial charge in [-0.2, -0.15) is 0 Å². The largest absolute Gasteiger partial charge is 0.457 e. The van der Waals surface area contributed by atoms with Gasteiger partial charge in [0.1, 0.15) is 11.5 Å². The maximum atomic E-state index is 12.0. The number of carbonyl (C=O) groups excluding carboxylic acids is 1. The number of amides is 1. The molecule has 0 unspecified atom stereocenters. The van der Waals surface area contributed by atoms with E-state index in [4.69, 9.17) is 28.2 Å². The fourth-order valence-corrected chi connectivity index (χ4v) is 2.83. The molecule has 3 rings (SSSR count). The molecule has 0 spiro atoms. The highest BCUT2D eigenvalue weighted by atomic mass is 35.5. The Morgan fingerprint density at radius 2 is 1.93 bits per heavy atom. The lowest BCUT2D eigenvalue weighted by atomic mass is 10.1. The lowest BCUT2D eigenvalue weighted by molar-refractivity contribution is -0.115. The molecule has 142 valence electrons. The minimum absolute atomic E-state index is 0.271. The molecule has 28 heavy (non-hydrogen) atoms. The van der Waals surface area contributed by atoms with E-state index in [9.17, 15) is 4.79 Å². The van der Waals surface area contributed by atoms with Crippen LogP contribution in [-0.2, 0) is 11.3 Å². The van der Waals surface area contributed by atoms with E-state index >= 15 is 0 Å². The average Bonchev–Trinajstić information content (AvgIpc) is 3.17. The van der Waals surface area contributed by atoms with Gasteiger partial charge < -0.3 is 9.73 Å². The highest BCUT2D eigenvalue weighted by molar-refractivity contribution is 7.80. The van der Waals surface area contributed by atoms with Crippen LogP contribution in [0.5, 0.6) is 0 Å². The third-order valence-electron chi connectivity index (χ3n) is 4.01. The minimum atomic E-state index is -0.332. The minimum Gasteiger partial charge on any atom is -0.457 e. The fraction of sp³-hybridized carbons (Fsp3) is 0.0909. The molecule has 2 aromatic carbocycles. The number of hydrogen-bond donors (Lipinski definition) is 2. The summed E-state index contributed by atoms with van der Waals surface area (Å²) in [6.45, 7) is 2.49.